The number of para-hydroxylation sites is 1. The lowest BCUT2D eigenvalue weighted by Gasteiger charge is -2.29. The summed E-state index contributed by atoms with van der Waals surface area (Å²) in [6.45, 7) is 4.09. The van der Waals surface area contributed by atoms with Crippen LogP contribution in [0.1, 0.15) is 34.6 Å². The summed E-state index contributed by atoms with van der Waals surface area (Å²) in [7, 11) is 3.25. The molecule has 0 aromatic heterocycles. The van der Waals surface area contributed by atoms with Crippen molar-refractivity contribution in [3.63, 3.8) is 0 Å². The zero-order valence-electron chi connectivity index (χ0n) is 13.9. The molecule has 2 aromatic rings. The van der Waals surface area contributed by atoms with E-state index >= 15 is 0 Å². The Kier molecular flexibility index (Phi) is 3.99. The minimum absolute atomic E-state index is 0.0288. The molecule has 4 heteroatoms. The summed E-state index contributed by atoms with van der Waals surface area (Å²) in [6.07, 6.45) is 0.402. The Hall–Kier alpha value is -2.49. The molecule has 1 N–H and O–H groups in total. The Morgan fingerprint density at radius 3 is 2.52 bits per heavy atom. The highest BCUT2D eigenvalue weighted by Crippen LogP contribution is 2.45. The fraction of sp³-hybridized carbons (Fsp3) is 0.316. The number of anilines is 1. The van der Waals surface area contributed by atoms with Crippen LogP contribution in [0.25, 0.3) is 0 Å². The monoisotopic (exact) mass is 311 g/mol. The van der Waals surface area contributed by atoms with E-state index in [1.165, 1.54) is 5.56 Å². The van der Waals surface area contributed by atoms with Gasteiger partial charge in [0.1, 0.15) is 0 Å². The van der Waals surface area contributed by atoms with E-state index in [-0.39, 0.29) is 11.8 Å². The van der Waals surface area contributed by atoms with Crippen molar-refractivity contribution in [2.24, 2.45) is 0 Å². The van der Waals surface area contributed by atoms with Crippen LogP contribution in [0.4, 0.5) is 5.69 Å². The highest BCUT2D eigenvalue weighted by molar-refractivity contribution is 5.96. The molecule has 23 heavy (non-hydrogen) atoms. The highest BCUT2D eigenvalue weighted by Gasteiger charge is 2.30. The van der Waals surface area contributed by atoms with Crippen LogP contribution in [-0.4, -0.2) is 20.1 Å². The summed E-state index contributed by atoms with van der Waals surface area (Å²) in [6, 6.07) is 10.0. The van der Waals surface area contributed by atoms with Crippen molar-refractivity contribution in [2.45, 2.75) is 26.2 Å². The van der Waals surface area contributed by atoms with Crippen molar-refractivity contribution in [3.8, 4) is 11.5 Å². The first-order valence-corrected chi connectivity index (χ1v) is 7.67. The Morgan fingerprint density at radius 1 is 1.04 bits per heavy atom. The number of fused-ring (bicyclic) bond motifs is 1. The third-order valence-corrected chi connectivity index (χ3v) is 4.61. The quantitative estimate of drug-likeness (QED) is 0.938. The number of aryl methyl sites for hydroxylation is 1. The molecule has 1 heterocycles. The number of carbonyl (C=O) groups excluding carboxylic acids is 1. The normalized spacial score (nSPS) is 16.5. The van der Waals surface area contributed by atoms with Crippen molar-refractivity contribution in [1.29, 1.82) is 0 Å². The minimum Gasteiger partial charge on any atom is -0.493 e. The van der Waals surface area contributed by atoms with Gasteiger partial charge < -0.3 is 14.8 Å². The van der Waals surface area contributed by atoms with Gasteiger partial charge in [0.25, 0.3) is 0 Å². The fourth-order valence-corrected chi connectivity index (χ4v) is 3.24. The Labute approximate surface area is 136 Å². The van der Waals surface area contributed by atoms with Gasteiger partial charge in [-0.15, -0.1) is 0 Å². The zero-order valence-corrected chi connectivity index (χ0v) is 13.9. The smallest absolute Gasteiger partial charge is 0.225 e. The van der Waals surface area contributed by atoms with Crippen molar-refractivity contribution in [2.75, 3.05) is 19.5 Å². The molecule has 0 fully saturated rings. The van der Waals surface area contributed by atoms with Gasteiger partial charge in [-0.1, -0.05) is 24.3 Å². The summed E-state index contributed by atoms with van der Waals surface area (Å²) in [5.74, 6) is 1.37. The number of ether oxygens (including phenoxy) is 2. The summed E-state index contributed by atoms with van der Waals surface area (Å²) in [5, 5.41) is 3.02. The number of benzene rings is 2. The van der Waals surface area contributed by atoms with E-state index in [1.54, 1.807) is 14.2 Å². The minimum atomic E-state index is -0.0388. The molecule has 1 aliphatic rings. The molecule has 1 aliphatic heterocycles. The number of amides is 1. The lowest BCUT2D eigenvalue weighted by Crippen LogP contribution is -2.24. The summed E-state index contributed by atoms with van der Waals surface area (Å²) in [5.41, 5.74) is 5.31. The number of carbonyl (C=O) groups is 1. The van der Waals surface area contributed by atoms with Gasteiger partial charge >= 0.3 is 0 Å². The third kappa shape index (κ3) is 2.54. The molecule has 0 unspecified atom stereocenters. The maximum absolute atomic E-state index is 12.2. The van der Waals surface area contributed by atoms with Crippen LogP contribution in [0.3, 0.4) is 0 Å². The Bertz CT molecular complexity index is 767. The van der Waals surface area contributed by atoms with Crippen LogP contribution in [0.15, 0.2) is 30.3 Å². The maximum atomic E-state index is 12.2. The maximum Gasteiger partial charge on any atom is 0.225 e. The van der Waals surface area contributed by atoms with Crippen molar-refractivity contribution in [3.05, 3.63) is 52.6 Å². The van der Waals surface area contributed by atoms with Gasteiger partial charge in [-0.3, -0.25) is 4.79 Å². The summed E-state index contributed by atoms with van der Waals surface area (Å²) < 4.78 is 11.0. The SMILES string of the molecule is COc1cccc([C@@H]2CC(=O)Nc3c2ccc(C)c3C)c1OC. The number of methoxy groups -OCH3 is 2. The van der Waals surface area contributed by atoms with Crippen LogP contribution in [0.2, 0.25) is 0 Å². The lowest BCUT2D eigenvalue weighted by atomic mass is 9.82. The van der Waals surface area contributed by atoms with E-state index in [1.807, 2.05) is 25.1 Å². The molecule has 0 spiro atoms. The number of rotatable bonds is 3. The van der Waals surface area contributed by atoms with Crippen LogP contribution < -0.4 is 14.8 Å². The molecule has 1 atom stereocenters. The van der Waals surface area contributed by atoms with Crippen molar-refractivity contribution >= 4 is 11.6 Å². The van der Waals surface area contributed by atoms with Crippen LogP contribution in [-0.2, 0) is 4.79 Å². The molecule has 0 radical (unpaired) electrons. The van der Waals surface area contributed by atoms with E-state index in [9.17, 15) is 4.79 Å². The van der Waals surface area contributed by atoms with E-state index < -0.39 is 0 Å². The van der Waals surface area contributed by atoms with Crippen molar-refractivity contribution < 1.29 is 14.3 Å². The highest BCUT2D eigenvalue weighted by atomic mass is 16.5. The molecular weight excluding hydrogens is 290 g/mol. The molecule has 0 aliphatic carbocycles. The molecule has 3 rings (SSSR count). The number of nitrogens with one attached hydrogen (secondary N) is 1. The van der Waals surface area contributed by atoms with Gasteiger partial charge in [0.2, 0.25) is 5.91 Å². The fourth-order valence-electron chi connectivity index (χ4n) is 3.24. The molecule has 0 saturated carbocycles. The van der Waals surface area contributed by atoms with E-state index in [0.717, 1.165) is 22.4 Å². The summed E-state index contributed by atoms with van der Waals surface area (Å²) >= 11 is 0. The second-order valence-corrected chi connectivity index (χ2v) is 5.86. The first-order valence-electron chi connectivity index (χ1n) is 7.67. The Morgan fingerprint density at radius 2 is 1.83 bits per heavy atom. The van der Waals surface area contributed by atoms with Crippen LogP contribution in [0.5, 0.6) is 11.5 Å². The number of hydrogen-bond donors (Lipinski definition) is 1. The van der Waals surface area contributed by atoms with E-state index in [4.69, 9.17) is 9.47 Å². The van der Waals surface area contributed by atoms with Crippen LogP contribution in [0, 0.1) is 13.8 Å². The van der Waals surface area contributed by atoms with Gasteiger partial charge in [0.15, 0.2) is 11.5 Å². The second kappa shape index (κ2) is 5.95. The molecule has 0 saturated heterocycles. The second-order valence-electron chi connectivity index (χ2n) is 5.86. The Balaban J connectivity index is 2.20. The zero-order chi connectivity index (χ0) is 16.6. The van der Waals surface area contributed by atoms with Gasteiger partial charge in [-0.05, 0) is 36.6 Å². The van der Waals surface area contributed by atoms with Crippen LogP contribution >= 0.6 is 0 Å². The first kappa shape index (κ1) is 15.4. The molecular formula is C19H21NO3. The predicted molar refractivity (Wildman–Crippen MR) is 90.6 cm³/mol. The van der Waals surface area contributed by atoms with Gasteiger partial charge in [0.05, 0.1) is 14.2 Å². The largest absolute Gasteiger partial charge is 0.493 e. The van der Waals surface area contributed by atoms with E-state index in [0.29, 0.717) is 17.9 Å². The average Bonchev–Trinajstić information content (AvgIpc) is 2.57. The van der Waals surface area contributed by atoms with Gasteiger partial charge in [-0.2, -0.15) is 0 Å². The first-order chi connectivity index (χ1) is 11.1. The predicted octanol–water partition coefficient (Wildman–Crippen LogP) is 3.79. The van der Waals surface area contributed by atoms with Gasteiger partial charge in [0, 0.05) is 23.6 Å². The average molecular weight is 311 g/mol. The van der Waals surface area contributed by atoms with E-state index in [2.05, 4.69) is 24.4 Å². The standard InChI is InChI=1S/C19H21NO3/c1-11-8-9-13-15(10-17(21)20-18(13)12(11)2)14-6-5-7-16(22-3)19(14)23-4/h5-9,15H,10H2,1-4H3,(H,20,21)/t15-/m1/s1. The molecule has 4 nitrogen and oxygen atoms in total. The van der Waals surface area contributed by atoms with Gasteiger partial charge in [-0.25, -0.2) is 0 Å². The lowest BCUT2D eigenvalue weighted by molar-refractivity contribution is -0.116. The molecule has 0 bridgehead atoms. The summed E-state index contributed by atoms with van der Waals surface area (Å²) in [4.78, 5) is 12.2. The number of hydrogen-bond acceptors (Lipinski definition) is 3. The topological polar surface area (TPSA) is 47.6 Å². The molecule has 2 aromatic carbocycles. The molecule has 120 valence electrons. The van der Waals surface area contributed by atoms with Crippen molar-refractivity contribution in [1.82, 2.24) is 0 Å². The third-order valence-electron chi connectivity index (χ3n) is 4.61. The molecule has 1 amide bonds.